The minimum Gasteiger partial charge on any atom is -0.404 e. The second-order valence-corrected chi connectivity index (χ2v) is 8.80. The molecule has 1 rings (SSSR count). The Labute approximate surface area is 142 Å². The van der Waals surface area contributed by atoms with Gasteiger partial charge in [0.1, 0.15) is 0 Å². The Morgan fingerprint density at radius 1 is 0.920 bits per heavy atom. The van der Waals surface area contributed by atoms with Crippen LogP contribution < -0.4 is 10.1 Å². The molecule has 0 saturated heterocycles. The molecule has 0 fully saturated rings. The van der Waals surface area contributed by atoms with Gasteiger partial charge in [-0.3, -0.25) is 0 Å². The fraction of sp³-hybridized carbons (Fsp3) is 0.500. The molecule has 1 N–H and O–H groups in total. The van der Waals surface area contributed by atoms with Crippen molar-refractivity contribution in [1.29, 1.82) is 0 Å². The van der Waals surface area contributed by atoms with Gasteiger partial charge in [-0.2, -0.15) is 8.78 Å². The van der Waals surface area contributed by atoms with E-state index in [1.54, 1.807) is 0 Å². The maximum atomic E-state index is 13.4. The normalized spacial score (nSPS) is 11.5. The number of carbonyl (C=O) groups is 1. The molecule has 11 heteroatoms. The van der Waals surface area contributed by atoms with Crippen LogP contribution in [0, 0.1) is 29.1 Å². The van der Waals surface area contributed by atoms with Crippen molar-refractivity contribution < 1.29 is 40.3 Å². The first kappa shape index (κ1) is 21.3. The van der Waals surface area contributed by atoms with Gasteiger partial charge in [0.25, 0.3) is 0 Å². The molecule has 0 aliphatic heterocycles. The number of halogens is 5. The van der Waals surface area contributed by atoms with E-state index in [4.69, 9.17) is 8.85 Å². The maximum absolute atomic E-state index is 13.4. The number of carbonyl (C=O) groups excluding carboxylic acids is 1. The summed E-state index contributed by atoms with van der Waals surface area (Å²) in [4.78, 5) is 11.5. The number of benzene rings is 1. The summed E-state index contributed by atoms with van der Waals surface area (Å²) in [5.74, 6) is -12.8. The Morgan fingerprint density at radius 3 is 1.88 bits per heavy atom. The summed E-state index contributed by atoms with van der Waals surface area (Å²) in [5, 5.41) is 2.16. The number of nitrogens with one attached hydrogen (secondary N) is 1. The van der Waals surface area contributed by atoms with Crippen LogP contribution in [0.5, 0.6) is 5.75 Å². The molecule has 5 nitrogen and oxygen atoms in total. The topological polar surface area (TPSA) is 56.8 Å². The lowest BCUT2D eigenvalue weighted by Crippen LogP contribution is -2.36. The molecule has 25 heavy (non-hydrogen) atoms. The second kappa shape index (κ2) is 9.11. The highest BCUT2D eigenvalue weighted by Gasteiger charge is 2.29. The Morgan fingerprint density at radius 2 is 1.40 bits per heavy atom. The monoisotopic (exact) mass is 387 g/mol. The fourth-order valence-electron chi connectivity index (χ4n) is 1.85. The molecular weight excluding hydrogens is 369 g/mol. The average molecular weight is 387 g/mol. The lowest BCUT2D eigenvalue weighted by atomic mass is 10.2. The van der Waals surface area contributed by atoms with E-state index in [-0.39, 0.29) is 6.54 Å². The van der Waals surface area contributed by atoms with Gasteiger partial charge in [-0.05, 0) is 25.4 Å². The van der Waals surface area contributed by atoms with E-state index in [1.807, 2.05) is 6.55 Å². The zero-order valence-corrected chi connectivity index (χ0v) is 14.9. The smallest absolute Gasteiger partial charge is 0.404 e. The average Bonchev–Trinajstić information content (AvgIpc) is 2.61. The van der Waals surface area contributed by atoms with Crippen LogP contribution in [0.1, 0.15) is 12.8 Å². The van der Waals surface area contributed by atoms with Gasteiger partial charge in [0.15, 0.2) is 0 Å². The Hall–Kier alpha value is -1.72. The summed E-state index contributed by atoms with van der Waals surface area (Å²) < 4.78 is 80.3. The van der Waals surface area contributed by atoms with Gasteiger partial charge in [0, 0.05) is 20.8 Å². The number of rotatable bonds is 8. The van der Waals surface area contributed by atoms with E-state index in [0.29, 0.717) is 18.9 Å². The molecule has 0 bridgehead atoms. The van der Waals surface area contributed by atoms with E-state index in [1.165, 1.54) is 14.2 Å². The van der Waals surface area contributed by atoms with Gasteiger partial charge in [-0.25, -0.2) is 18.0 Å². The number of unbranched alkanes of at least 4 members (excludes halogenated alkanes) is 1. The lowest BCUT2D eigenvalue weighted by molar-refractivity contribution is 0.193. The summed E-state index contributed by atoms with van der Waals surface area (Å²) in [5.41, 5.74) is 0. The summed E-state index contributed by atoms with van der Waals surface area (Å²) in [6.07, 6.45) is -0.226. The standard InChI is InChI=1S/C14H18F5NO4Si/c1-22-25(3,23-2)7-5-4-6-20-14(21)24-13-11(18)9(16)8(15)10(17)12(13)19/h4-7H2,1-3H3,(H,20,21). The summed E-state index contributed by atoms with van der Waals surface area (Å²) in [7, 11) is 0.844. The van der Waals surface area contributed by atoms with Crippen molar-refractivity contribution in [3.8, 4) is 5.75 Å². The molecule has 142 valence electrons. The van der Waals surface area contributed by atoms with Crippen LogP contribution >= 0.6 is 0 Å². The molecule has 1 aromatic rings. The second-order valence-electron chi connectivity index (χ2n) is 5.21. The Bertz CT molecular complexity index is 599. The SMILES string of the molecule is CO[Si](C)(CCCCNC(=O)Oc1c(F)c(F)c(F)c(F)c1F)OC. The molecule has 0 atom stereocenters. The van der Waals surface area contributed by atoms with Gasteiger partial charge < -0.3 is 18.9 Å². The third-order valence-corrected chi connectivity index (χ3v) is 6.54. The lowest BCUT2D eigenvalue weighted by Gasteiger charge is -2.22. The van der Waals surface area contributed by atoms with Crippen LogP contribution in [0.4, 0.5) is 26.7 Å². The first-order valence-corrected chi connectivity index (χ1v) is 9.76. The van der Waals surface area contributed by atoms with Crippen molar-refractivity contribution in [3.63, 3.8) is 0 Å². The van der Waals surface area contributed by atoms with Crippen molar-refractivity contribution in [2.75, 3.05) is 20.8 Å². The van der Waals surface area contributed by atoms with Crippen LogP contribution in [-0.4, -0.2) is 35.4 Å². The van der Waals surface area contributed by atoms with Crippen molar-refractivity contribution in [2.45, 2.75) is 25.4 Å². The number of hydrogen-bond donors (Lipinski definition) is 1. The van der Waals surface area contributed by atoms with Crippen LogP contribution in [0.15, 0.2) is 0 Å². The maximum Gasteiger partial charge on any atom is 0.412 e. The first-order valence-electron chi connectivity index (χ1n) is 7.24. The number of amides is 1. The molecule has 0 aromatic heterocycles. The highest BCUT2D eigenvalue weighted by Crippen LogP contribution is 2.29. The fourth-order valence-corrected chi connectivity index (χ4v) is 3.32. The van der Waals surface area contributed by atoms with Crippen molar-refractivity contribution in [2.24, 2.45) is 0 Å². The van der Waals surface area contributed by atoms with Gasteiger partial charge in [-0.1, -0.05) is 0 Å². The number of ether oxygens (including phenoxy) is 1. The molecule has 0 radical (unpaired) electrons. The highest BCUT2D eigenvalue weighted by atomic mass is 28.4. The van der Waals surface area contributed by atoms with Gasteiger partial charge in [0.05, 0.1) is 0 Å². The van der Waals surface area contributed by atoms with Crippen molar-refractivity contribution >= 4 is 14.7 Å². The van der Waals surface area contributed by atoms with E-state index >= 15 is 0 Å². The summed E-state index contributed by atoms with van der Waals surface area (Å²) in [6.45, 7) is 1.93. The molecule has 1 aromatic carbocycles. The van der Waals surface area contributed by atoms with Crippen LogP contribution in [0.25, 0.3) is 0 Å². The highest BCUT2D eigenvalue weighted by molar-refractivity contribution is 6.65. The third-order valence-electron chi connectivity index (χ3n) is 3.55. The largest absolute Gasteiger partial charge is 0.412 e. The van der Waals surface area contributed by atoms with Crippen LogP contribution in [0.3, 0.4) is 0 Å². The van der Waals surface area contributed by atoms with E-state index < -0.39 is 49.5 Å². The van der Waals surface area contributed by atoms with E-state index in [9.17, 15) is 26.7 Å². The third kappa shape index (κ3) is 5.38. The number of hydrogen-bond acceptors (Lipinski definition) is 4. The Balaban J connectivity index is 2.54. The van der Waals surface area contributed by atoms with Crippen molar-refractivity contribution in [1.82, 2.24) is 5.32 Å². The molecule has 0 aliphatic carbocycles. The molecule has 0 saturated carbocycles. The summed E-state index contributed by atoms with van der Waals surface area (Å²) in [6, 6.07) is 0.647. The van der Waals surface area contributed by atoms with E-state index in [2.05, 4.69) is 10.1 Å². The van der Waals surface area contributed by atoms with Gasteiger partial charge in [0.2, 0.25) is 34.8 Å². The zero-order chi connectivity index (χ0) is 19.2. The molecule has 0 aliphatic rings. The zero-order valence-electron chi connectivity index (χ0n) is 13.9. The molecule has 0 unspecified atom stereocenters. The first-order chi connectivity index (χ1) is 11.7. The minimum absolute atomic E-state index is 0.0755. The van der Waals surface area contributed by atoms with Gasteiger partial charge in [-0.15, -0.1) is 0 Å². The minimum atomic E-state index is -2.33. The van der Waals surface area contributed by atoms with Crippen LogP contribution in [-0.2, 0) is 8.85 Å². The predicted octanol–water partition coefficient (Wildman–Crippen LogP) is 3.62. The van der Waals surface area contributed by atoms with Crippen LogP contribution in [0.2, 0.25) is 12.6 Å². The Kier molecular flexibility index (Phi) is 7.77. The molecular formula is C14H18F5NO4Si. The molecule has 0 spiro atoms. The van der Waals surface area contributed by atoms with Gasteiger partial charge >= 0.3 is 14.7 Å². The predicted molar refractivity (Wildman–Crippen MR) is 79.9 cm³/mol. The van der Waals surface area contributed by atoms with Crippen molar-refractivity contribution in [3.05, 3.63) is 29.1 Å². The quantitative estimate of drug-likeness (QED) is 0.243. The van der Waals surface area contributed by atoms with E-state index in [0.717, 1.165) is 0 Å². The molecule has 0 heterocycles. The molecule has 1 amide bonds. The summed E-state index contributed by atoms with van der Waals surface area (Å²) >= 11 is 0.